The number of nitrogens with zero attached hydrogens (tertiary/aromatic N) is 6. The number of alkyl halides is 1. The van der Waals surface area contributed by atoms with Gasteiger partial charge in [-0.3, -0.25) is 4.90 Å². The number of piperazine rings is 1. The number of nitriles is 1. The number of thiophene rings is 1. The SMILES string of the molecule is [C-]#[N+]c1c(N)sc2c(F)ccc(-c3c(C#N)cc4c(N5CC6CCC(C5)N6)nc(OC[C@@]56CCCN5C[C@H](F)C6)nc4c3F)c12. The number of hydrogen-bond donors (Lipinski definition) is 2. The Kier molecular flexibility index (Phi) is 6.57. The molecule has 4 aliphatic rings. The highest BCUT2D eigenvalue weighted by Gasteiger charge is 2.49. The molecule has 0 radical (unpaired) electrons. The Hall–Kier alpha value is -4.17. The Labute approximate surface area is 261 Å². The van der Waals surface area contributed by atoms with Crippen LogP contribution in [-0.2, 0) is 0 Å². The first-order valence-corrected chi connectivity index (χ1v) is 16.0. The molecule has 13 heteroatoms. The van der Waals surface area contributed by atoms with Crippen molar-refractivity contribution in [3.05, 3.63) is 46.8 Å². The fraction of sp³-hybridized carbons (Fsp3) is 0.438. The van der Waals surface area contributed by atoms with E-state index in [1.807, 2.05) is 0 Å². The van der Waals surface area contributed by atoms with Crippen molar-refractivity contribution in [2.45, 2.75) is 55.9 Å². The van der Waals surface area contributed by atoms with Gasteiger partial charge in [0.25, 0.3) is 0 Å². The maximum Gasteiger partial charge on any atom is 0.319 e. The second kappa shape index (κ2) is 10.4. The molecule has 8 rings (SSSR count). The zero-order chi connectivity index (χ0) is 31.0. The van der Waals surface area contributed by atoms with Crippen LogP contribution < -0.4 is 20.7 Å². The third-order valence-corrected chi connectivity index (χ3v) is 10.9. The van der Waals surface area contributed by atoms with E-state index in [1.54, 1.807) is 6.07 Å². The second-order valence-corrected chi connectivity index (χ2v) is 13.6. The lowest BCUT2D eigenvalue weighted by molar-refractivity contribution is 0.107. The van der Waals surface area contributed by atoms with Gasteiger partial charge in [0.15, 0.2) is 5.82 Å². The normalized spacial score (nSPS) is 26.0. The average Bonchev–Trinajstić information content (AvgIpc) is 3.76. The van der Waals surface area contributed by atoms with Crippen LogP contribution in [0.1, 0.15) is 37.7 Å². The van der Waals surface area contributed by atoms with Crippen LogP contribution in [0.25, 0.3) is 37.0 Å². The molecule has 9 nitrogen and oxygen atoms in total. The minimum absolute atomic E-state index is 0.00524. The van der Waals surface area contributed by atoms with Crippen molar-refractivity contribution in [2.75, 3.05) is 43.4 Å². The zero-order valence-electron chi connectivity index (χ0n) is 24.2. The van der Waals surface area contributed by atoms with E-state index in [9.17, 15) is 14.0 Å². The van der Waals surface area contributed by atoms with Gasteiger partial charge in [-0.15, -0.1) is 11.3 Å². The fourth-order valence-electron chi connectivity index (χ4n) is 7.96. The number of aromatic nitrogens is 2. The van der Waals surface area contributed by atoms with Gasteiger partial charge in [-0.2, -0.15) is 15.2 Å². The van der Waals surface area contributed by atoms with Gasteiger partial charge in [0.05, 0.1) is 33.4 Å². The number of nitrogen functional groups attached to an aromatic ring is 1. The summed E-state index contributed by atoms with van der Waals surface area (Å²) in [5, 5.41) is 14.5. The molecule has 230 valence electrons. The predicted octanol–water partition coefficient (Wildman–Crippen LogP) is 5.69. The lowest BCUT2D eigenvalue weighted by Gasteiger charge is -2.34. The van der Waals surface area contributed by atoms with E-state index in [0.717, 1.165) is 43.6 Å². The summed E-state index contributed by atoms with van der Waals surface area (Å²) in [5.41, 5.74) is 5.68. The predicted molar refractivity (Wildman–Crippen MR) is 166 cm³/mol. The molecule has 4 saturated heterocycles. The maximum absolute atomic E-state index is 17.0. The monoisotopic (exact) mass is 630 g/mol. The van der Waals surface area contributed by atoms with E-state index < -0.39 is 23.3 Å². The maximum atomic E-state index is 17.0. The summed E-state index contributed by atoms with van der Waals surface area (Å²) in [6.45, 7) is 10.3. The molecule has 2 aromatic heterocycles. The van der Waals surface area contributed by atoms with Gasteiger partial charge in [-0.25, -0.2) is 18.0 Å². The molecule has 2 aromatic carbocycles. The summed E-state index contributed by atoms with van der Waals surface area (Å²) < 4.78 is 52.7. The highest BCUT2D eigenvalue weighted by molar-refractivity contribution is 7.23. The zero-order valence-corrected chi connectivity index (χ0v) is 25.1. The van der Waals surface area contributed by atoms with Crippen LogP contribution in [0.4, 0.5) is 29.7 Å². The minimum Gasteiger partial charge on any atom is -0.461 e. The molecule has 4 aliphatic heterocycles. The molecule has 0 saturated carbocycles. The molecular weight excluding hydrogens is 601 g/mol. The first kappa shape index (κ1) is 28.3. The molecule has 4 atom stereocenters. The highest BCUT2D eigenvalue weighted by Crippen LogP contribution is 2.48. The fourth-order valence-corrected chi connectivity index (χ4v) is 8.90. The van der Waals surface area contributed by atoms with Crippen LogP contribution >= 0.6 is 11.3 Å². The quantitative estimate of drug-likeness (QED) is 0.271. The Balaban J connectivity index is 1.31. The van der Waals surface area contributed by atoms with Crippen molar-refractivity contribution in [1.29, 1.82) is 5.26 Å². The highest BCUT2D eigenvalue weighted by atomic mass is 32.1. The van der Waals surface area contributed by atoms with Gasteiger partial charge in [0.1, 0.15) is 29.9 Å². The lowest BCUT2D eigenvalue weighted by Crippen LogP contribution is -2.51. The molecule has 0 spiro atoms. The number of ether oxygens (including phenoxy) is 1. The first-order chi connectivity index (χ1) is 21.8. The van der Waals surface area contributed by atoms with E-state index in [1.165, 1.54) is 12.1 Å². The molecule has 2 unspecified atom stereocenters. The van der Waals surface area contributed by atoms with Crippen LogP contribution in [0.15, 0.2) is 18.2 Å². The number of anilines is 2. The molecule has 4 fully saturated rings. The number of hydrogen-bond acceptors (Lipinski definition) is 9. The van der Waals surface area contributed by atoms with Gasteiger partial charge >= 0.3 is 6.01 Å². The second-order valence-electron chi connectivity index (χ2n) is 12.6. The molecular formula is C32H29F3N8OS. The molecule has 3 N–H and O–H groups in total. The summed E-state index contributed by atoms with van der Waals surface area (Å²) in [6.07, 6.45) is 3.23. The van der Waals surface area contributed by atoms with Crippen LogP contribution in [0.2, 0.25) is 0 Å². The number of fused-ring (bicyclic) bond motifs is 5. The number of rotatable bonds is 5. The third-order valence-electron chi connectivity index (χ3n) is 9.93. The van der Waals surface area contributed by atoms with E-state index in [0.29, 0.717) is 37.3 Å². The molecule has 6 heterocycles. The van der Waals surface area contributed by atoms with Gasteiger partial charge in [0.2, 0.25) is 5.69 Å². The number of benzene rings is 2. The Morgan fingerprint density at radius 2 is 2.02 bits per heavy atom. The average molecular weight is 631 g/mol. The molecule has 4 aromatic rings. The van der Waals surface area contributed by atoms with Crippen molar-refractivity contribution >= 4 is 48.8 Å². The standard InChI is InChI=1S/C32H29F3N8OS/c1-38-27-24-20(5-6-22(34)28(24)45-29(27)37)23-16(11-36)9-21-26(25(23)35)40-31(41-30(21)42-13-18-3-4-19(14-42)39-18)44-15-32-7-2-8-43(32)12-17(33)10-32/h5-6,9,17-19,39H,2-4,7-8,10,12-15,37H2/t17-,18?,19?,32+/m1/s1. The number of nitrogens with one attached hydrogen (secondary N) is 1. The summed E-state index contributed by atoms with van der Waals surface area (Å²) in [4.78, 5) is 17.1. The van der Waals surface area contributed by atoms with E-state index in [4.69, 9.17) is 22.0 Å². The smallest absolute Gasteiger partial charge is 0.319 e. The Bertz CT molecular complexity index is 1960. The topological polar surface area (TPSA) is 108 Å². The minimum atomic E-state index is -0.929. The van der Waals surface area contributed by atoms with Crippen LogP contribution in [0, 0.1) is 29.5 Å². The largest absolute Gasteiger partial charge is 0.461 e. The molecule has 0 aliphatic carbocycles. The van der Waals surface area contributed by atoms with Crippen molar-refractivity contribution in [3.63, 3.8) is 0 Å². The third kappa shape index (κ3) is 4.40. The van der Waals surface area contributed by atoms with Crippen molar-refractivity contribution in [2.24, 2.45) is 0 Å². The van der Waals surface area contributed by atoms with Crippen LogP contribution in [0.5, 0.6) is 6.01 Å². The van der Waals surface area contributed by atoms with E-state index >= 15 is 4.39 Å². The van der Waals surface area contributed by atoms with Crippen LogP contribution in [-0.4, -0.2) is 71.4 Å². The molecule has 45 heavy (non-hydrogen) atoms. The lowest BCUT2D eigenvalue weighted by atomic mass is 9.94. The van der Waals surface area contributed by atoms with Crippen LogP contribution in [0.3, 0.4) is 0 Å². The van der Waals surface area contributed by atoms with Crippen molar-refractivity contribution in [3.8, 4) is 23.2 Å². The first-order valence-electron chi connectivity index (χ1n) is 15.1. The molecule has 2 bridgehead atoms. The summed E-state index contributed by atoms with van der Waals surface area (Å²) in [5.74, 6) is -0.914. The van der Waals surface area contributed by atoms with Gasteiger partial charge in [0, 0.05) is 54.5 Å². The van der Waals surface area contributed by atoms with Gasteiger partial charge in [-0.05, 0) is 49.9 Å². The Morgan fingerprint density at radius 3 is 2.78 bits per heavy atom. The van der Waals surface area contributed by atoms with Gasteiger partial charge in [-0.1, -0.05) is 6.07 Å². The summed E-state index contributed by atoms with van der Waals surface area (Å²) in [6, 6.07) is 6.74. The molecule has 0 amide bonds. The number of halogens is 3. The van der Waals surface area contributed by atoms with E-state index in [-0.39, 0.29) is 67.7 Å². The van der Waals surface area contributed by atoms with E-state index in [2.05, 4.69) is 31.0 Å². The summed E-state index contributed by atoms with van der Waals surface area (Å²) in [7, 11) is 0. The Morgan fingerprint density at radius 1 is 1.22 bits per heavy atom. The number of nitrogens with two attached hydrogens (primary N) is 1. The van der Waals surface area contributed by atoms with Gasteiger partial charge < -0.3 is 20.7 Å². The van der Waals surface area contributed by atoms with Crippen molar-refractivity contribution < 1.29 is 17.9 Å². The summed E-state index contributed by atoms with van der Waals surface area (Å²) >= 11 is 0.912. The van der Waals surface area contributed by atoms with Crippen molar-refractivity contribution in [1.82, 2.24) is 20.2 Å².